The minimum Gasteiger partial charge on any atom is -0.496 e. The molecule has 0 unspecified atom stereocenters. The lowest BCUT2D eigenvalue weighted by Crippen LogP contribution is -2.38. The molecule has 0 spiro atoms. The number of likely N-dealkylation sites (tertiary alicyclic amines) is 1. The minimum absolute atomic E-state index is 0.0260. The highest BCUT2D eigenvalue weighted by atomic mass is 16.5. The molecule has 0 atom stereocenters. The number of nitrogens with one attached hydrogen (secondary N) is 1. The van der Waals surface area contributed by atoms with Crippen molar-refractivity contribution in [2.24, 2.45) is 5.92 Å². The van der Waals surface area contributed by atoms with Crippen LogP contribution in [0.4, 0.5) is 0 Å². The smallest absolute Gasteiger partial charge is 0.254 e. The van der Waals surface area contributed by atoms with Gasteiger partial charge in [-0.1, -0.05) is 30.4 Å². The molecule has 1 aromatic heterocycles. The van der Waals surface area contributed by atoms with Gasteiger partial charge in [0.1, 0.15) is 5.75 Å². The van der Waals surface area contributed by atoms with Crippen molar-refractivity contribution in [3.8, 4) is 5.75 Å². The van der Waals surface area contributed by atoms with Crippen LogP contribution in [-0.4, -0.2) is 53.9 Å². The molecule has 1 amide bonds. The van der Waals surface area contributed by atoms with Crippen LogP contribution in [0.1, 0.15) is 35.7 Å². The maximum Gasteiger partial charge on any atom is 0.254 e. The van der Waals surface area contributed by atoms with Crippen molar-refractivity contribution in [3.63, 3.8) is 0 Å². The number of methoxy groups -OCH3 is 1. The highest BCUT2D eigenvalue weighted by Gasteiger charge is 2.19. The lowest BCUT2D eigenvalue weighted by atomic mass is 9.96. The predicted octanol–water partition coefficient (Wildman–Crippen LogP) is 3.07. The van der Waals surface area contributed by atoms with E-state index in [9.17, 15) is 4.79 Å². The predicted molar refractivity (Wildman–Crippen MR) is 111 cm³/mol. The highest BCUT2D eigenvalue weighted by Crippen LogP contribution is 2.20. The maximum atomic E-state index is 12.2. The van der Waals surface area contributed by atoms with Gasteiger partial charge >= 0.3 is 0 Å². The number of para-hydroxylation sites is 1. The number of aromatic nitrogens is 2. The van der Waals surface area contributed by atoms with Gasteiger partial charge in [0.25, 0.3) is 5.91 Å². The Morgan fingerprint density at radius 3 is 2.82 bits per heavy atom. The summed E-state index contributed by atoms with van der Waals surface area (Å²) in [6.07, 6.45) is 9.97. The number of ether oxygens (including phenoxy) is 1. The van der Waals surface area contributed by atoms with Gasteiger partial charge in [0.15, 0.2) is 0 Å². The number of benzene rings is 1. The van der Waals surface area contributed by atoms with E-state index in [4.69, 9.17) is 4.74 Å². The van der Waals surface area contributed by atoms with E-state index in [1.807, 2.05) is 25.1 Å². The first-order valence-electron chi connectivity index (χ1n) is 10.0. The number of nitrogens with zero attached hydrogens (tertiary/aromatic N) is 3. The molecule has 0 aliphatic carbocycles. The van der Waals surface area contributed by atoms with Gasteiger partial charge in [-0.3, -0.25) is 14.4 Å². The van der Waals surface area contributed by atoms with Crippen molar-refractivity contribution in [1.29, 1.82) is 0 Å². The number of amides is 1. The number of hydrogen-bond donors (Lipinski definition) is 1. The largest absolute Gasteiger partial charge is 0.496 e. The summed E-state index contributed by atoms with van der Waals surface area (Å²) >= 11 is 0. The zero-order chi connectivity index (χ0) is 19.8. The third kappa shape index (κ3) is 5.45. The fraction of sp³-hybridized carbons (Fsp3) is 0.455. The fourth-order valence-electron chi connectivity index (χ4n) is 3.50. The van der Waals surface area contributed by atoms with Gasteiger partial charge in [-0.2, -0.15) is 5.10 Å². The molecule has 0 saturated carbocycles. The van der Waals surface area contributed by atoms with Gasteiger partial charge < -0.3 is 10.1 Å². The van der Waals surface area contributed by atoms with Gasteiger partial charge in [0, 0.05) is 31.4 Å². The number of hydrogen-bond acceptors (Lipinski definition) is 4. The summed E-state index contributed by atoms with van der Waals surface area (Å²) in [7, 11) is 1.70. The molecule has 2 heterocycles. The zero-order valence-corrected chi connectivity index (χ0v) is 16.8. The van der Waals surface area contributed by atoms with E-state index in [0.717, 1.165) is 56.9 Å². The summed E-state index contributed by atoms with van der Waals surface area (Å²) < 4.78 is 7.15. The second kappa shape index (κ2) is 10.1. The van der Waals surface area contributed by atoms with E-state index in [2.05, 4.69) is 33.5 Å². The highest BCUT2D eigenvalue weighted by molar-refractivity contribution is 5.93. The van der Waals surface area contributed by atoms with Crippen LogP contribution in [0.15, 0.2) is 42.7 Å². The standard InChI is InChI=1S/C22H30N4O2/c1-3-26-17-20(16-24-26)22(27)23-15-18-10-13-25(14-11-18)12-6-8-19-7-4-5-9-21(19)28-2/h4-9,16-18H,3,10-15H2,1-2H3,(H,23,27)/b8-6+. The molecule has 1 fully saturated rings. The van der Waals surface area contributed by atoms with Crippen molar-refractivity contribution in [2.45, 2.75) is 26.3 Å². The summed E-state index contributed by atoms with van der Waals surface area (Å²) in [5.41, 5.74) is 1.75. The first kappa shape index (κ1) is 20.1. The van der Waals surface area contributed by atoms with Crippen LogP contribution in [-0.2, 0) is 6.54 Å². The minimum atomic E-state index is -0.0260. The number of aryl methyl sites for hydroxylation is 1. The van der Waals surface area contributed by atoms with E-state index in [1.165, 1.54) is 0 Å². The van der Waals surface area contributed by atoms with Crippen molar-refractivity contribution < 1.29 is 9.53 Å². The number of rotatable bonds is 8. The van der Waals surface area contributed by atoms with Crippen LogP contribution in [0.25, 0.3) is 6.08 Å². The van der Waals surface area contributed by atoms with E-state index >= 15 is 0 Å². The molecule has 6 nitrogen and oxygen atoms in total. The second-order valence-corrected chi connectivity index (χ2v) is 7.18. The van der Waals surface area contributed by atoms with E-state index < -0.39 is 0 Å². The fourth-order valence-corrected chi connectivity index (χ4v) is 3.50. The van der Waals surface area contributed by atoms with Crippen molar-refractivity contribution in [3.05, 3.63) is 53.9 Å². The zero-order valence-electron chi connectivity index (χ0n) is 16.8. The Hall–Kier alpha value is -2.60. The molecule has 1 N–H and O–H groups in total. The normalized spacial score (nSPS) is 15.8. The molecule has 1 saturated heterocycles. The number of carbonyl (C=O) groups excluding carboxylic acids is 1. The van der Waals surface area contributed by atoms with Gasteiger partial charge in [0.05, 0.1) is 18.9 Å². The molecular weight excluding hydrogens is 352 g/mol. The SMILES string of the molecule is CCn1cc(C(=O)NCC2CCN(C/C=C/c3ccccc3OC)CC2)cn1. The molecular formula is C22H30N4O2. The van der Waals surface area contributed by atoms with Crippen molar-refractivity contribution in [1.82, 2.24) is 20.0 Å². The second-order valence-electron chi connectivity index (χ2n) is 7.18. The van der Waals surface area contributed by atoms with Crippen LogP contribution < -0.4 is 10.1 Å². The average molecular weight is 383 g/mol. The Kier molecular flexibility index (Phi) is 7.25. The molecule has 3 rings (SSSR count). The van der Waals surface area contributed by atoms with E-state index in [-0.39, 0.29) is 5.91 Å². The summed E-state index contributed by atoms with van der Waals surface area (Å²) in [4.78, 5) is 14.7. The molecule has 1 aromatic carbocycles. The topological polar surface area (TPSA) is 59.4 Å². The Balaban J connectivity index is 1.38. The average Bonchev–Trinajstić information content (AvgIpc) is 3.23. The van der Waals surface area contributed by atoms with Gasteiger partial charge in [-0.15, -0.1) is 0 Å². The molecule has 1 aliphatic rings. The number of piperidine rings is 1. The Morgan fingerprint density at radius 2 is 2.11 bits per heavy atom. The van der Waals surface area contributed by atoms with E-state index in [1.54, 1.807) is 24.2 Å². The molecule has 0 bridgehead atoms. The van der Waals surface area contributed by atoms with E-state index in [0.29, 0.717) is 11.5 Å². The Bertz CT molecular complexity index is 791. The van der Waals surface area contributed by atoms with Crippen LogP contribution in [0.2, 0.25) is 0 Å². The van der Waals surface area contributed by atoms with Crippen LogP contribution in [0.5, 0.6) is 5.75 Å². The third-order valence-electron chi connectivity index (χ3n) is 5.28. The number of carbonyl (C=O) groups is 1. The summed E-state index contributed by atoms with van der Waals surface area (Å²) in [5, 5.41) is 7.22. The van der Waals surface area contributed by atoms with Gasteiger partial charge in [-0.25, -0.2) is 0 Å². The van der Waals surface area contributed by atoms with Crippen molar-refractivity contribution >= 4 is 12.0 Å². The molecule has 6 heteroatoms. The van der Waals surface area contributed by atoms with Crippen molar-refractivity contribution in [2.75, 3.05) is 33.3 Å². The summed E-state index contributed by atoms with van der Waals surface area (Å²) in [5.74, 6) is 1.42. The first-order valence-corrected chi connectivity index (χ1v) is 10.0. The molecule has 1 aliphatic heterocycles. The Labute approximate surface area is 167 Å². The van der Waals surface area contributed by atoms with Crippen LogP contribution >= 0.6 is 0 Å². The molecule has 150 valence electrons. The lowest BCUT2D eigenvalue weighted by Gasteiger charge is -2.31. The van der Waals surface area contributed by atoms with Crippen LogP contribution in [0, 0.1) is 5.92 Å². The Morgan fingerprint density at radius 1 is 1.32 bits per heavy atom. The summed E-state index contributed by atoms with van der Waals surface area (Å²) in [6.45, 7) is 6.58. The molecule has 2 aromatic rings. The molecule has 0 radical (unpaired) electrons. The lowest BCUT2D eigenvalue weighted by molar-refractivity contribution is 0.0937. The van der Waals surface area contributed by atoms with Crippen LogP contribution in [0.3, 0.4) is 0 Å². The third-order valence-corrected chi connectivity index (χ3v) is 5.28. The monoisotopic (exact) mass is 382 g/mol. The first-order chi connectivity index (χ1) is 13.7. The van der Waals surface area contributed by atoms with Gasteiger partial charge in [-0.05, 0) is 44.8 Å². The molecule has 28 heavy (non-hydrogen) atoms. The quantitative estimate of drug-likeness (QED) is 0.762. The maximum absolute atomic E-state index is 12.2. The summed E-state index contributed by atoms with van der Waals surface area (Å²) in [6, 6.07) is 8.05. The van der Waals surface area contributed by atoms with Gasteiger partial charge in [0.2, 0.25) is 0 Å².